The van der Waals surface area contributed by atoms with Crippen molar-refractivity contribution in [1.82, 2.24) is 5.32 Å². The van der Waals surface area contributed by atoms with Gasteiger partial charge in [0.2, 0.25) is 5.91 Å². The van der Waals surface area contributed by atoms with Gasteiger partial charge in [0.25, 0.3) is 0 Å². The summed E-state index contributed by atoms with van der Waals surface area (Å²) in [5.41, 5.74) is 0.151. The van der Waals surface area contributed by atoms with Gasteiger partial charge in [-0.2, -0.15) is 13.2 Å². The maximum absolute atomic E-state index is 12.9. The maximum atomic E-state index is 12.9. The third kappa shape index (κ3) is 4.64. The first-order chi connectivity index (χ1) is 12.4. The predicted molar refractivity (Wildman–Crippen MR) is 94.6 cm³/mol. The summed E-state index contributed by atoms with van der Waals surface area (Å²) in [6.07, 6.45) is -0.204. The van der Waals surface area contributed by atoms with Crippen molar-refractivity contribution in [2.45, 2.75) is 43.9 Å². The van der Waals surface area contributed by atoms with Crippen LogP contribution in [0.4, 0.5) is 18.9 Å². The van der Waals surface area contributed by atoms with Crippen molar-refractivity contribution >= 4 is 11.6 Å². The molecule has 3 nitrogen and oxygen atoms in total. The van der Waals surface area contributed by atoms with E-state index in [0.717, 1.165) is 43.4 Å². The normalized spacial score (nSPS) is 16.4. The number of rotatable bonds is 5. The lowest BCUT2D eigenvalue weighted by Crippen LogP contribution is -2.38. The van der Waals surface area contributed by atoms with Gasteiger partial charge in [0.15, 0.2) is 0 Å². The van der Waals surface area contributed by atoms with Crippen LogP contribution in [0.25, 0.3) is 0 Å². The van der Waals surface area contributed by atoms with Gasteiger partial charge in [-0.05, 0) is 36.6 Å². The largest absolute Gasteiger partial charge is 0.416 e. The minimum absolute atomic E-state index is 0.138. The van der Waals surface area contributed by atoms with E-state index in [1.54, 1.807) is 0 Å². The number of carbonyl (C=O) groups is 1. The molecule has 0 saturated heterocycles. The van der Waals surface area contributed by atoms with Crippen LogP contribution in [0.5, 0.6) is 0 Å². The number of carbonyl (C=O) groups excluding carboxylic acids is 1. The van der Waals surface area contributed by atoms with E-state index in [1.807, 2.05) is 30.3 Å². The second-order valence-corrected chi connectivity index (χ2v) is 6.56. The molecule has 1 aliphatic rings. The number of benzene rings is 2. The Kier molecular flexibility index (Phi) is 5.61. The van der Waals surface area contributed by atoms with E-state index in [9.17, 15) is 18.0 Å². The van der Waals surface area contributed by atoms with Crippen LogP contribution in [-0.4, -0.2) is 11.9 Å². The fourth-order valence-corrected chi connectivity index (χ4v) is 3.28. The van der Waals surface area contributed by atoms with Gasteiger partial charge in [0, 0.05) is 11.7 Å². The molecule has 0 heterocycles. The topological polar surface area (TPSA) is 41.1 Å². The Morgan fingerprint density at radius 2 is 1.69 bits per heavy atom. The standard InChI is InChI=1S/C20H21F3N2O/c21-20(22,23)15-9-6-12-17(13-15)25-19(26)18(14-7-2-1-3-8-14)24-16-10-4-5-11-16/h1-3,6-9,12-13,16,18,24H,4-5,10-11H2,(H,25,26). The molecule has 0 radical (unpaired) electrons. The van der Waals surface area contributed by atoms with Crippen molar-refractivity contribution in [3.63, 3.8) is 0 Å². The van der Waals surface area contributed by atoms with E-state index in [4.69, 9.17) is 0 Å². The molecule has 2 aromatic rings. The smallest absolute Gasteiger partial charge is 0.324 e. The highest BCUT2D eigenvalue weighted by Crippen LogP contribution is 2.31. The zero-order valence-corrected chi connectivity index (χ0v) is 14.2. The molecule has 1 unspecified atom stereocenters. The summed E-state index contributed by atoms with van der Waals surface area (Å²) >= 11 is 0. The summed E-state index contributed by atoms with van der Waals surface area (Å²) in [5, 5.41) is 5.99. The lowest BCUT2D eigenvalue weighted by Gasteiger charge is -2.23. The first kappa shape index (κ1) is 18.5. The number of halogens is 3. The Hall–Kier alpha value is -2.34. The van der Waals surface area contributed by atoms with Crippen LogP contribution >= 0.6 is 0 Å². The van der Waals surface area contributed by atoms with Crippen molar-refractivity contribution in [3.8, 4) is 0 Å². The summed E-state index contributed by atoms with van der Waals surface area (Å²) in [4.78, 5) is 12.8. The van der Waals surface area contributed by atoms with E-state index in [-0.39, 0.29) is 17.6 Å². The summed E-state index contributed by atoms with van der Waals surface area (Å²) in [6, 6.07) is 13.6. The molecule has 1 saturated carbocycles. The zero-order valence-electron chi connectivity index (χ0n) is 14.2. The van der Waals surface area contributed by atoms with Gasteiger partial charge in [-0.15, -0.1) is 0 Å². The van der Waals surface area contributed by atoms with Crippen LogP contribution in [0, 0.1) is 0 Å². The van der Waals surface area contributed by atoms with Crippen molar-refractivity contribution in [1.29, 1.82) is 0 Å². The van der Waals surface area contributed by atoms with Crippen LogP contribution in [0.1, 0.15) is 42.9 Å². The van der Waals surface area contributed by atoms with Crippen molar-refractivity contribution < 1.29 is 18.0 Å². The summed E-state index contributed by atoms with van der Waals surface area (Å²) < 4.78 is 38.6. The third-order valence-electron chi connectivity index (χ3n) is 4.61. The molecule has 1 atom stereocenters. The van der Waals surface area contributed by atoms with Gasteiger partial charge in [-0.3, -0.25) is 10.1 Å². The fourth-order valence-electron chi connectivity index (χ4n) is 3.28. The minimum atomic E-state index is -4.44. The number of anilines is 1. The number of hydrogen-bond donors (Lipinski definition) is 2. The average Bonchev–Trinajstić information content (AvgIpc) is 3.13. The molecule has 0 aliphatic heterocycles. The predicted octanol–water partition coefficient (Wildman–Crippen LogP) is 4.92. The monoisotopic (exact) mass is 362 g/mol. The molecule has 1 fully saturated rings. The van der Waals surface area contributed by atoms with Gasteiger partial charge in [-0.1, -0.05) is 49.2 Å². The number of alkyl halides is 3. The molecule has 0 spiro atoms. The van der Waals surface area contributed by atoms with E-state index in [0.29, 0.717) is 0 Å². The van der Waals surface area contributed by atoms with Crippen LogP contribution in [0.3, 0.4) is 0 Å². The fraction of sp³-hybridized carbons (Fsp3) is 0.350. The summed E-state index contributed by atoms with van der Waals surface area (Å²) in [6.45, 7) is 0. The van der Waals surface area contributed by atoms with Gasteiger partial charge in [-0.25, -0.2) is 0 Å². The summed E-state index contributed by atoms with van der Waals surface area (Å²) in [5.74, 6) is -0.359. The van der Waals surface area contributed by atoms with Gasteiger partial charge in [0.1, 0.15) is 6.04 Å². The van der Waals surface area contributed by atoms with Crippen LogP contribution < -0.4 is 10.6 Å². The molecule has 1 aliphatic carbocycles. The highest BCUT2D eigenvalue weighted by atomic mass is 19.4. The quantitative estimate of drug-likeness (QED) is 0.793. The molecular weight excluding hydrogens is 341 g/mol. The zero-order chi connectivity index (χ0) is 18.6. The second kappa shape index (κ2) is 7.91. The molecule has 2 N–H and O–H groups in total. The van der Waals surface area contributed by atoms with Crippen molar-refractivity contribution in [2.24, 2.45) is 0 Å². The van der Waals surface area contributed by atoms with Gasteiger partial charge < -0.3 is 5.32 Å². The Morgan fingerprint density at radius 1 is 1.00 bits per heavy atom. The Labute approximate surface area is 150 Å². The first-order valence-corrected chi connectivity index (χ1v) is 8.72. The summed E-state index contributed by atoms with van der Waals surface area (Å²) in [7, 11) is 0. The minimum Gasteiger partial charge on any atom is -0.324 e. The Bertz CT molecular complexity index is 740. The SMILES string of the molecule is O=C(Nc1cccc(C(F)(F)F)c1)C(NC1CCCC1)c1ccccc1. The van der Waals surface area contributed by atoms with Crippen molar-refractivity contribution in [2.75, 3.05) is 5.32 Å². The molecule has 3 rings (SSSR count). The maximum Gasteiger partial charge on any atom is 0.416 e. The molecule has 0 aromatic heterocycles. The van der Waals surface area contributed by atoms with Gasteiger partial charge in [0.05, 0.1) is 5.56 Å². The van der Waals surface area contributed by atoms with Gasteiger partial charge >= 0.3 is 6.18 Å². The number of amides is 1. The highest BCUT2D eigenvalue weighted by Gasteiger charge is 2.31. The molecule has 6 heteroatoms. The molecule has 0 bridgehead atoms. The molecule has 1 amide bonds. The lowest BCUT2D eigenvalue weighted by atomic mass is 10.0. The van der Waals surface area contributed by atoms with E-state index in [2.05, 4.69) is 10.6 Å². The van der Waals surface area contributed by atoms with E-state index >= 15 is 0 Å². The van der Waals surface area contributed by atoms with Crippen molar-refractivity contribution in [3.05, 3.63) is 65.7 Å². The Balaban J connectivity index is 1.79. The third-order valence-corrected chi connectivity index (χ3v) is 4.61. The molecule has 26 heavy (non-hydrogen) atoms. The highest BCUT2D eigenvalue weighted by molar-refractivity contribution is 5.95. The lowest BCUT2D eigenvalue weighted by molar-refractivity contribution is -0.137. The first-order valence-electron chi connectivity index (χ1n) is 8.72. The molecule has 138 valence electrons. The van der Waals surface area contributed by atoms with E-state index < -0.39 is 17.8 Å². The Morgan fingerprint density at radius 3 is 2.35 bits per heavy atom. The molecule has 2 aromatic carbocycles. The van der Waals surface area contributed by atoms with Crippen LogP contribution in [0.2, 0.25) is 0 Å². The average molecular weight is 362 g/mol. The van der Waals surface area contributed by atoms with Crippen LogP contribution in [0.15, 0.2) is 54.6 Å². The van der Waals surface area contributed by atoms with Crippen LogP contribution in [-0.2, 0) is 11.0 Å². The van der Waals surface area contributed by atoms with E-state index in [1.165, 1.54) is 12.1 Å². The number of nitrogens with one attached hydrogen (secondary N) is 2. The second-order valence-electron chi connectivity index (χ2n) is 6.56. The molecular formula is C20H21F3N2O. The number of hydrogen-bond acceptors (Lipinski definition) is 2.